The van der Waals surface area contributed by atoms with Crippen LogP contribution in [-0.4, -0.2) is 78.6 Å². The molecule has 7 nitrogen and oxygen atoms in total. The number of anilines is 2. The molecule has 2 N–H and O–H groups in total. The molecule has 0 spiro atoms. The van der Waals surface area contributed by atoms with Gasteiger partial charge in [-0.3, -0.25) is 4.90 Å². The van der Waals surface area contributed by atoms with Gasteiger partial charge >= 0.3 is 0 Å². The molecule has 0 aromatic carbocycles. The molecule has 1 aromatic rings. The van der Waals surface area contributed by atoms with Crippen molar-refractivity contribution in [1.29, 1.82) is 0 Å². The zero-order valence-corrected chi connectivity index (χ0v) is 15.2. The van der Waals surface area contributed by atoms with Crippen LogP contribution in [0.3, 0.4) is 0 Å². The molecule has 1 aromatic heterocycles. The maximum Gasteiger partial charge on any atom is 0.227 e. The van der Waals surface area contributed by atoms with Crippen LogP contribution in [0.25, 0.3) is 0 Å². The topological polar surface area (TPSA) is 73.8 Å². The normalized spacial score (nSPS) is 25.1. The van der Waals surface area contributed by atoms with Gasteiger partial charge in [0.05, 0.1) is 13.2 Å². The molecule has 2 atom stereocenters. The highest BCUT2D eigenvalue weighted by molar-refractivity contribution is 5.41. The quantitative estimate of drug-likeness (QED) is 0.766. The number of aliphatic hydroxyl groups excluding tert-OH is 1. The highest BCUT2D eigenvalue weighted by atomic mass is 16.5. The minimum Gasteiger partial charge on any atom is -0.396 e. The Morgan fingerprint density at radius 2 is 2.16 bits per heavy atom. The standard InChI is InChI=1S/C18H31N5O2/c1-2-19-17-5-7-20-18(21-17)23-8-6-16(15(14-23)4-3-11-24)22-9-12-25-13-10-22/h5,7,15-16,24H,2-4,6,8-14H2,1H3,(H,19,20,21). The highest BCUT2D eigenvalue weighted by Crippen LogP contribution is 2.28. The number of nitrogens with one attached hydrogen (secondary N) is 1. The first-order valence-electron chi connectivity index (χ1n) is 9.56. The molecule has 3 rings (SSSR count). The number of nitrogens with zero attached hydrogens (tertiary/aromatic N) is 4. The van der Waals surface area contributed by atoms with Crippen LogP contribution in [0.5, 0.6) is 0 Å². The van der Waals surface area contributed by atoms with Gasteiger partial charge < -0.3 is 20.1 Å². The van der Waals surface area contributed by atoms with E-state index < -0.39 is 0 Å². The first-order valence-corrected chi connectivity index (χ1v) is 9.56. The fourth-order valence-electron chi connectivity index (χ4n) is 4.01. The molecule has 3 heterocycles. The predicted octanol–water partition coefficient (Wildman–Crippen LogP) is 1.21. The van der Waals surface area contributed by atoms with Gasteiger partial charge in [-0.1, -0.05) is 0 Å². The van der Waals surface area contributed by atoms with Crippen LogP contribution in [0.15, 0.2) is 12.3 Å². The summed E-state index contributed by atoms with van der Waals surface area (Å²) < 4.78 is 5.51. The molecule has 2 fully saturated rings. The van der Waals surface area contributed by atoms with Gasteiger partial charge in [-0.05, 0) is 38.2 Å². The highest BCUT2D eigenvalue weighted by Gasteiger charge is 2.34. The lowest BCUT2D eigenvalue weighted by Crippen LogP contribution is -2.54. The van der Waals surface area contributed by atoms with E-state index in [4.69, 9.17) is 4.74 Å². The molecule has 0 aliphatic carbocycles. The molecule has 0 bridgehead atoms. The summed E-state index contributed by atoms with van der Waals surface area (Å²) in [6, 6.07) is 2.49. The summed E-state index contributed by atoms with van der Waals surface area (Å²) in [6.07, 6.45) is 4.85. The van der Waals surface area contributed by atoms with E-state index in [1.54, 1.807) is 0 Å². The number of ether oxygens (including phenoxy) is 1. The number of aliphatic hydroxyl groups is 1. The molecule has 140 valence electrons. The van der Waals surface area contributed by atoms with Gasteiger partial charge in [-0.15, -0.1) is 0 Å². The van der Waals surface area contributed by atoms with Crippen LogP contribution < -0.4 is 10.2 Å². The van der Waals surface area contributed by atoms with E-state index in [1.807, 2.05) is 12.3 Å². The van der Waals surface area contributed by atoms with Crippen molar-refractivity contribution < 1.29 is 9.84 Å². The summed E-state index contributed by atoms with van der Waals surface area (Å²) in [4.78, 5) is 14.0. The summed E-state index contributed by atoms with van der Waals surface area (Å²) >= 11 is 0. The van der Waals surface area contributed by atoms with Gasteiger partial charge in [0.1, 0.15) is 5.82 Å². The molecule has 2 aliphatic rings. The number of hydrogen-bond donors (Lipinski definition) is 2. The summed E-state index contributed by atoms with van der Waals surface area (Å²) in [5, 5.41) is 12.6. The summed E-state index contributed by atoms with van der Waals surface area (Å²) in [6.45, 7) is 8.83. The zero-order valence-electron chi connectivity index (χ0n) is 15.2. The Morgan fingerprint density at radius 1 is 1.32 bits per heavy atom. The van der Waals surface area contributed by atoms with Gasteiger partial charge in [0.25, 0.3) is 0 Å². The van der Waals surface area contributed by atoms with Crippen molar-refractivity contribution in [3.63, 3.8) is 0 Å². The van der Waals surface area contributed by atoms with Gasteiger partial charge in [-0.25, -0.2) is 4.98 Å². The molecule has 7 heteroatoms. The summed E-state index contributed by atoms with van der Waals surface area (Å²) in [7, 11) is 0. The zero-order chi connectivity index (χ0) is 17.5. The van der Waals surface area contributed by atoms with E-state index in [0.717, 1.165) is 77.0 Å². The smallest absolute Gasteiger partial charge is 0.227 e. The molecule has 0 radical (unpaired) electrons. The third kappa shape index (κ3) is 4.80. The maximum absolute atomic E-state index is 9.29. The van der Waals surface area contributed by atoms with Crippen LogP contribution in [0.4, 0.5) is 11.8 Å². The number of piperidine rings is 1. The lowest BCUT2D eigenvalue weighted by atomic mass is 9.87. The molecule has 2 aliphatic heterocycles. The lowest BCUT2D eigenvalue weighted by molar-refractivity contribution is -0.00420. The Kier molecular flexibility index (Phi) is 6.84. The Bertz CT molecular complexity index is 524. The Balaban J connectivity index is 1.69. The fraction of sp³-hybridized carbons (Fsp3) is 0.778. The van der Waals surface area contributed by atoms with Crippen LogP contribution in [-0.2, 0) is 4.74 Å². The second-order valence-electron chi connectivity index (χ2n) is 6.85. The van der Waals surface area contributed by atoms with Crippen LogP contribution in [0, 0.1) is 5.92 Å². The average Bonchev–Trinajstić information content (AvgIpc) is 2.67. The minimum atomic E-state index is 0.263. The Labute approximate surface area is 150 Å². The van der Waals surface area contributed by atoms with Crippen LogP contribution >= 0.6 is 0 Å². The van der Waals surface area contributed by atoms with Crippen molar-refractivity contribution in [2.45, 2.75) is 32.2 Å². The van der Waals surface area contributed by atoms with Crippen molar-refractivity contribution >= 4 is 11.8 Å². The fourth-order valence-corrected chi connectivity index (χ4v) is 4.01. The molecule has 25 heavy (non-hydrogen) atoms. The first-order chi connectivity index (χ1) is 12.3. The average molecular weight is 349 g/mol. The van der Waals surface area contributed by atoms with Crippen molar-refractivity contribution in [1.82, 2.24) is 14.9 Å². The lowest BCUT2D eigenvalue weighted by Gasteiger charge is -2.45. The predicted molar refractivity (Wildman–Crippen MR) is 99.0 cm³/mol. The van der Waals surface area contributed by atoms with Gasteiger partial charge in [-0.2, -0.15) is 4.98 Å². The van der Waals surface area contributed by atoms with Crippen LogP contribution in [0.1, 0.15) is 26.2 Å². The third-order valence-corrected chi connectivity index (χ3v) is 5.23. The van der Waals surface area contributed by atoms with E-state index in [0.29, 0.717) is 12.0 Å². The van der Waals surface area contributed by atoms with E-state index in [1.165, 1.54) is 0 Å². The number of aromatic nitrogens is 2. The molecule has 0 amide bonds. The molecular weight excluding hydrogens is 318 g/mol. The molecule has 2 unspecified atom stereocenters. The number of hydrogen-bond acceptors (Lipinski definition) is 7. The van der Waals surface area contributed by atoms with E-state index in [9.17, 15) is 5.11 Å². The summed E-state index contributed by atoms with van der Waals surface area (Å²) in [5.74, 6) is 2.23. The van der Waals surface area contributed by atoms with Gasteiger partial charge in [0.15, 0.2) is 0 Å². The number of rotatable bonds is 7. The molecule has 0 saturated carbocycles. The summed E-state index contributed by atoms with van der Waals surface area (Å²) in [5.41, 5.74) is 0. The second-order valence-corrected chi connectivity index (χ2v) is 6.85. The SMILES string of the molecule is CCNc1ccnc(N2CCC(N3CCOCC3)C(CCCO)C2)n1. The van der Waals surface area contributed by atoms with E-state index in [-0.39, 0.29) is 6.61 Å². The van der Waals surface area contributed by atoms with Crippen molar-refractivity contribution in [2.75, 3.05) is 62.8 Å². The van der Waals surface area contributed by atoms with Crippen molar-refractivity contribution in [3.05, 3.63) is 12.3 Å². The first kappa shape index (κ1) is 18.4. The van der Waals surface area contributed by atoms with Crippen molar-refractivity contribution in [2.24, 2.45) is 5.92 Å². The third-order valence-electron chi connectivity index (χ3n) is 5.23. The van der Waals surface area contributed by atoms with Gasteiger partial charge in [0.2, 0.25) is 5.95 Å². The van der Waals surface area contributed by atoms with Crippen LogP contribution in [0.2, 0.25) is 0 Å². The largest absolute Gasteiger partial charge is 0.396 e. The van der Waals surface area contributed by atoms with E-state index in [2.05, 4.69) is 32.0 Å². The Hall–Kier alpha value is -1.44. The Morgan fingerprint density at radius 3 is 2.92 bits per heavy atom. The minimum absolute atomic E-state index is 0.263. The maximum atomic E-state index is 9.29. The monoisotopic (exact) mass is 349 g/mol. The van der Waals surface area contributed by atoms with Crippen molar-refractivity contribution in [3.8, 4) is 0 Å². The number of morpholine rings is 1. The van der Waals surface area contributed by atoms with E-state index >= 15 is 0 Å². The van der Waals surface area contributed by atoms with Gasteiger partial charge in [0, 0.05) is 51.6 Å². The molecule has 2 saturated heterocycles. The molecular formula is C18H31N5O2. The second kappa shape index (κ2) is 9.31.